The lowest BCUT2D eigenvalue weighted by Gasteiger charge is -2.07. The second kappa shape index (κ2) is 10.3. The predicted molar refractivity (Wildman–Crippen MR) is 116 cm³/mol. The van der Waals surface area contributed by atoms with E-state index in [1.54, 1.807) is 36.9 Å². The van der Waals surface area contributed by atoms with Crippen LogP contribution >= 0.6 is 11.3 Å². The standard InChI is InChI=1S/C20H22N6O4S/c21-5-8-28-10-11-29-9-6-26-13-22-15-12-14(3-4-16(15)26)18(27)23-20-25-24-19(31-20)17-2-1-7-30-17/h1-4,7,12-13H,5-6,8-11,21H2,(H,23,25,27). The number of imidazole rings is 1. The van der Waals surface area contributed by atoms with Gasteiger partial charge in [0.05, 0.1) is 50.1 Å². The number of carbonyl (C=O) groups is 1. The number of nitrogens with zero attached hydrogens (tertiary/aromatic N) is 4. The second-order valence-corrected chi connectivity index (χ2v) is 7.48. The van der Waals surface area contributed by atoms with Crippen LogP contribution in [0, 0.1) is 0 Å². The molecule has 4 rings (SSSR count). The SMILES string of the molecule is NCCOCCOCCn1cnc2cc(C(=O)Nc3nnc(-c4ccco4)s3)ccc21. The molecule has 162 valence electrons. The first-order valence-electron chi connectivity index (χ1n) is 9.74. The highest BCUT2D eigenvalue weighted by atomic mass is 32.1. The third kappa shape index (κ3) is 5.33. The Labute approximate surface area is 182 Å². The van der Waals surface area contributed by atoms with Crippen LogP contribution in [0.5, 0.6) is 0 Å². The lowest BCUT2D eigenvalue weighted by atomic mass is 10.2. The molecule has 0 aliphatic carbocycles. The number of anilines is 1. The topological polar surface area (TPSA) is 130 Å². The number of nitrogens with one attached hydrogen (secondary N) is 1. The second-order valence-electron chi connectivity index (χ2n) is 6.50. The quantitative estimate of drug-likeness (QED) is 0.339. The molecule has 11 heteroatoms. The molecule has 3 N–H and O–H groups in total. The van der Waals surface area contributed by atoms with Crippen LogP contribution in [-0.4, -0.2) is 58.6 Å². The molecule has 0 saturated heterocycles. The molecule has 10 nitrogen and oxygen atoms in total. The molecule has 1 amide bonds. The van der Waals surface area contributed by atoms with Crippen molar-refractivity contribution in [3.05, 3.63) is 48.5 Å². The first-order chi connectivity index (χ1) is 15.2. The van der Waals surface area contributed by atoms with Gasteiger partial charge in [-0.3, -0.25) is 10.1 Å². The third-order valence-corrected chi connectivity index (χ3v) is 5.22. The van der Waals surface area contributed by atoms with E-state index in [-0.39, 0.29) is 5.91 Å². The number of hydrogen-bond acceptors (Lipinski definition) is 9. The maximum atomic E-state index is 12.6. The van der Waals surface area contributed by atoms with Gasteiger partial charge in [0.1, 0.15) is 0 Å². The molecule has 0 aliphatic rings. The Morgan fingerprint density at radius 1 is 1.16 bits per heavy atom. The van der Waals surface area contributed by atoms with Gasteiger partial charge in [0.15, 0.2) is 10.8 Å². The number of fused-ring (bicyclic) bond motifs is 1. The van der Waals surface area contributed by atoms with Crippen LogP contribution in [0.4, 0.5) is 5.13 Å². The van der Waals surface area contributed by atoms with E-state index in [0.29, 0.717) is 61.0 Å². The highest BCUT2D eigenvalue weighted by Gasteiger charge is 2.14. The summed E-state index contributed by atoms with van der Waals surface area (Å²) in [6.45, 7) is 3.28. The largest absolute Gasteiger partial charge is 0.462 e. The van der Waals surface area contributed by atoms with Gasteiger partial charge in [-0.15, -0.1) is 10.2 Å². The maximum absolute atomic E-state index is 12.6. The summed E-state index contributed by atoms with van der Waals surface area (Å²) < 4.78 is 18.1. The van der Waals surface area contributed by atoms with Crippen molar-refractivity contribution in [2.45, 2.75) is 6.54 Å². The summed E-state index contributed by atoms with van der Waals surface area (Å²) in [6.07, 6.45) is 3.30. The van der Waals surface area contributed by atoms with Crippen LogP contribution in [0.1, 0.15) is 10.4 Å². The summed E-state index contributed by atoms with van der Waals surface area (Å²) in [7, 11) is 0. The van der Waals surface area contributed by atoms with Gasteiger partial charge in [0.25, 0.3) is 5.91 Å². The molecule has 0 fully saturated rings. The summed E-state index contributed by atoms with van der Waals surface area (Å²) in [4.78, 5) is 17.0. The third-order valence-electron chi connectivity index (χ3n) is 4.37. The number of hydrogen-bond donors (Lipinski definition) is 2. The van der Waals surface area contributed by atoms with Crippen molar-refractivity contribution < 1.29 is 18.7 Å². The minimum absolute atomic E-state index is 0.278. The van der Waals surface area contributed by atoms with Crippen molar-refractivity contribution >= 4 is 33.4 Å². The number of benzene rings is 1. The van der Waals surface area contributed by atoms with Crippen LogP contribution in [-0.2, 0) is 16.0 Å². The highest BCUT2D eigenvalue weighted by molar-refractivity contribution is 7.18. The Morgan fingerprint density at radius 2 is 2.03 bits per heavy atom. The van der Waals surface area contributed by atoms with Crippen molar-refractivity contribution in [1.29, 1.82) is 0 Å². The highest BCUT2D eigenvalue weighted by Crippen LogP contribution is 2.27. The number of furan rings is 1. The van der Waals surface area contributed by atoms with E-state index in [1.165, 1.54) is 11.3 Å². The molecule has 4 aromatic rings. The van der Waals surface area contributed by atoms with Crippen molar-refractivity contribution in [2.75, 3.05) is 38.3 Å². The molecule has 3 aromatic heterocycles. The summed E-state index contributed by atoms with van der Waals surface area (Å²) in [5.74, 6) is 0.330. The van der Waals surface area contributed by atoms with Gasteiger partial charge < -0.3 is 24.2 Å². The van der Waals surface area contributed by atoms with E-state index in [2.05, 4.69) is 20.5 Å². The van der Waals surface area contributed by atoms with E-state index >= 15 is 0 Å². The molecule has 0 saturated carbocycles. The lowest BCUT2D eigenvalue weighted by molar-refractivity contribution is 0.0479. The molecular weight excluding hydrogens is 420 g/mol. The zero-order valence-corrected chi connectivity index (χ0v) is 17.5. The minimum Gasteiger partial charge on any atom is -0.462 e. The fraction of sp³-hybridized carbons (Fsp3) is 0.300. The minimum atomic E-state index is -0.278. The van der Waals surface area contributed by atoms with E-state index in [4.69, 9.17) is 19.6 Å². The average Bonchev–Trinajstić information content (AvgIpc) is 3.53. The molecule has 0 bridgehead atoms. The first kappa shape index (κ1) is 21.1. The fourth-order valence-corrected chi connectivity index (χ4v) is 3.60. The number of carbonyl (C=O) groups excluding carboxylic acids is 1. The van der Waals surface area contributed by atoms with Gasteiger partial charge in [-0.05, 0) is 30.3 Å². The molecule has 3 heterocycles. The van der Waals surface area contributed by atoms with E-state index in [9.17, 15) is 4.79 Å². The van der Waals surface area contributed by atoms with Crippen LogP contribution in [0.3, 0.4) is 0 Å². The Balaban J connectivity index is 1.33. The number of rotatable bonds is 11. The van der Waals surface area contributed by atoms with E-state index < -0.39 is 0 Å². The first-order valence-corrected chi connectivity index (χ1v) is 10.6. The lowest BCUT2D eigenvalue weighted by Crippen LogP contribution is -2.13. The van der Waals surface area contributed by atoms with Gasteiger partial charge in [-0.1, -0.05) is 11.3 Å². The van der Waals surface area contributed by atoms with Crippen molar-refractivity contribution in [1.82, 2.24) is 19.7 Å². The molecule has 1 aromatic carbocycles. The van der Waals surface area contributed by atoms with Crippen molar-refractivity contribution in [2.24, 2.45) is 5.73 Å². The van der Waals surface area contributed by atoms with Gasteiger partial charge in [0.2, 0.25) is 5.13 Å². The molecule has 0 aliphatic heterocycles. The number of ether oxygens (including phenoxy) is 2. The van der Waals surface area contributed by atoms with Crippen molar-refractivity contribution in [3.63, 3.8) is 0 Å². The number of aromatic nitrogens is 4. The molecule has 0 radical (unpaired) electrons. The van der Waals surface area contributed by atoms with E-state index in [1.807, 2.05) is 10.6 Å². The van der Waals surface area contributed by atoms with E-state index in [0.717, 1.165) is 11.0 Å². The smallest absolute Gasteiger partial charge is 0.257 e. The molecule has 31 heavy (non-hydrogen) atoms. The zero-order valence-electron chi connectivity index (χ0n) is 16.7. The summed E-state index contributed by atoms with van der Waals surface area (Å²) in [6, 6.07) is 8.93. The van der Waals surface area contributed by atoms with Crippen molar-refractivity contribution in [3.8, 4) is 10.8 Å². The Kier molecular flexibility index (Phi) is 6.99. The summed E-state index contributed by atoms with van der Waals surface area (Å²) in [5.41, 5.74) is 7.51. The number of nitrogens with two attached hydrogens (primary N) is 1. The van der Waals surface area contributed by atoms with Crippen LogP contribution in [0.15, 0.2) is 47.3 Å². The predicted octanol–water partition coefficient (Wildman–Crippen LogP) is 2.39. The molecule has 0 unspecified atom stereocenters. The van der Waals surface area contributed by atoms with Crippen LogP contribution < -0.4 is 11.1 Å². The Bertz CT molecular complexity index is 1120. The molecule has 0 spiro atoms. The van der Waals surface area contributed by atoms with Crippen LogP contribution in [0.25, 0.3) is 21.8 Å². The molecule has 0 atom stereocenters. The Morgan fingerprint density at radius 3 is 2.84 bits per heavy atom. The summed E-state index contributed by atoms with van der Waals surface area (Å²) in [5, 5.41) is 11.8. The fourth-order valence-electron chi connectivity index (χ4n) is 2.89. The van der Waals surface area contributed by atoms with Crippen LogP contribution in [0.2, 0.25) is 0 Å². The summed E-state index contributed by atoms with van der Waals surface area (Å²) >= 11 is 1.24. The molecular formula is C20H22N6O4S. The normalized spacial score (nSPS) is 11.3. The average molecular weight is 443 g/mol. The maximum Gasteiger partial charge on any atom is 0.257 e. The monoisotopic (exact) mass is 442 g/mol. The Hall–Kier alpha value is -3.12. The zero-order chi connectivity index (χ0) is 21.5. The number of amides is 1. The van der Waals surface area contributed by atoms with Gasteiger partial charge >= 0.3 is 0 Å². The van der Waals surface area contributed by atoms with Gasteiger partial charge in [-0.2, -0.15) is 0 Å². The van der Waals surface area contributed by atoms with Gasteiger partial charge in [-0.25, -0.2) is 4.98 Å². The van der Waals surface area contributed by atoms with Gasteiger partial charge in [0, 0.05) is 18.7 Å².